The summed E-state index contributed by atoms with van der Waals surface area (Å²) < 4.78 is 7.74. The van der Waals surface area contributed by atoms with E-state index in [1.807, 2.05) is 73.1 Å². The van der Waals surface area contributed by atoms with Crippen LogP contribution in [0.4, 0.5) is 0 Å². The Morgan fingerprint density at radius 2 is 1.85 bits per heavy atom. The first-order valence-corrected chi connectivity index (χ1v) is 11.5. The molecule has 0 aliphatic carbocycles. The molecule has 4 aromatic rings. The van der Waals surface area contributed by atoms with Crippen LogP contribution in [0.5, 0.6) is 0 Å². The number of carbonyl (C=O) groups is 1. The molecular weight excluding hydrogens is 436 g/mol. The van der Waals surface area contributed by atoms with Crippen molar-refractivity contribution < 1.29 is 9.21 Å². The molecule has 4 heterocycles. The summed E-state index contributed by atoms with van der Waals surface area (Å²) in [4.78, 5) is 17.3. The topological polar surface area (TPSA) is 89.4 Å². The standard InChI is InChI=1S/C24H22N6O2S/c1-16-8-9-21(32-16)20-14-19(17-6-4-3-5-7-17)28-30(20)22(31)15-33-24-27-26-23(29(24)2)18-10-12-25-13-11-18/h3-13,20H,14-15H2,1-2H3/t20-/m1/s1. The van der Waals surface area contributed by atoms with Gasteiger partial charge in [-0.3, -0.25) is 9.78 Å². The number of rotatable bonds is 6. The van der Waals surface area contributed by atoms with Crippen LogP contribution in [-0.2, 0) is 11.8 Å². The molecule has 0 fully saturated rings. The number of thioether (sulfide) groups is 1. The van der Waals surface area contributed by atoms with Crippen molar-refractivity contribution >= 4 is 23.4 Å². The van der Waals surface area contributed by atoms with E-state index >= 15 is 0 Å². The van der Waals surface area contributed by atoms with Gasteiger partial charge in [-0.05, 0) is 36.8 Å². The van der Waals surface area contributed by atoms with Crippen LogP contribution in [0.2, 0.25) is 0 Å². The number of hydrazone groups is 1. The number of benzene rings is 1. The number of nitrogens with zero attached hydrogens (tertiary/aromatic N) is 6. The SMILES string of the molecule is Cc1ccc([C@H]2CC(c3ccccc3)=NN2C(=O)CSc2nnc(-c3ccncc3)n2C)o1. The van der Waals surface area contributed by atoms with Crippen molar-refractivity contribution in [1.29, 1.82) is 0 Å². The Labute approximate surface area is 195 Å². The van der Waals surface area contributed by atoms with E-state index in [0.717, 1.165) is 34.2 Å². The first-order chi connectivity index (χ1) is 16.1. The van der Waals surface area contributed by atoms with E-state index in [1.165, 1.54) is 11.8 Å². The highest BCUT2D eigenvalue weighted by Crippen LogP contribution is 2.34. The Balaban J connectivity index is 1.35. The second kappa shape index (κ2) is 9.03. The molecule has 0 saturated heterocycles. The Bertz CT molecular complexity index is 1300. The number of carbonyl (C=O) groups excluding carboxylic acids is 1. The maximum atomic E-state index is 13.3. The van der Waals surface area contributed by atoms with Gasteiger partial charge in [-0.2, -0.15) is 5.10 Å². The lowest BCUT2D eigenvalue weighted by Gasteiger charge is -2.19. The maximum Gasteiger partial charge on any atom is 0.253 e. The average Bonchev–Trinajstić information content (AvgIpc) is 3.57. The molecule has 1 atom stereocenters. The van der Waals surface area contributed by atoms with Crippen molar-refractivity contribution in [1.82, 2.24) is 24.8 Å². The lowest BCUT2D eigenvalue weighted by Crippen LogP contribution is -2.28. The Morgan fingerprint density at radius 3 is 2.58 bits per heavy atom. The van der Waals surface area contributed by atoms with Crippen LogP contribution in [0.3, 0.4) is 0 Å². The highest BCUT2D eigenvalue weighted by atomic mass is 32.2. The van der Waals surface area contributed by atoms with E-state index in [1.54, 1.807) is 17.4 Å². The molecule has 0 N–H and O–H groups in total. The fourth-order valence-corrected chi connectivity index (χ4v) is 4.55. The smallest absolute Gasteiger partial charge is 0.253 e. The molecule has 9 heteroatoms. The van der Waals surface area contributed by atoms with Crippen molar-refractivity contribution in [2.24, 2.45) is 12.1 Å². The number of aromatic nitrogens is 4. The van der Waals surface area contributed by atoms with Gasteiger partial charge < -0.3 is 8.98 Å². The van der Waals surface area contributed by atoms with E-state index in [2.05, 4.69) is 15.2 Å². The lowest BCUT2D eigenvalue weighted by atomic mass is 10.0. The number of aryl methyl sites for hydroxylation is 1. The van der Waals surface area contributed by atoms with Crippen LogP contribution in [0.1, 0.15) is 29.5 Å². The number of furan rings is 1. The third kappa shape index (κ3) is 4.31. The molecule has 0 bridgehead atoms. The Hall–Kier alpha value is -3.72. The van der Waals surface area contributed by atoms with Gasteiger partial charge in [-0.15, -0.1) is 10.2 Å². The molecular formula is C24H22N6O2S. The predicted octanol–water partition coefficient (Wildman–Crippen LogP) is 4.25. The van der Waals surface area contributed by atoms with Gasteiger partial charge in [0, 0.05) is 31.4 Å². The Morgan fingerprint density at radius 1 is 1.06 bits per heavy atom. The molecule has 1 amide bonds. The zero-order valence-corrected chi connectivity index (χ0v) is 19.1. The molecule has 1 aliphatic heterocycles. The molecule has 3 aromatic heterocycles. The van der Waals surface area contributed by atoms with Crippen molar-refractivity contribution in [3.63, 3.8) is 0 Å². The van der Waals surface area contributed by atoms with Crippen molar-refractivity contribution in [3.8, 4) is 11.4 Å². The molecule has 1 aromatic carbocycles. The second-order valence-electron chi connectivity index (χ2n) is 7.71. The molecule has 5 rings (SSSR count). The van der Waals surface area contributed by atoms with E-state index in [-0.39, 0.29) is 17.7 Å². The molecule has 166 valence electrons. The monoisotopic (exact) mass is 458 g/mol. The van der Waals surface area contributed by atoms with Crippen LogP contribution >= 0.6 is 11.8 Å². The van der Waals surface area contributed by atoms with E-state index in [0.29, 0.717) is 11.6 Å². The molecule has 33 heavy (non-hydrogen) atoms. The minimum absolute atomic E-state index is 0.113. The predicted molar refractivity (Wildman–Crippen MR) is 126 cm³/mol. The zero-order valence-electron chi connectivity index (χ0n) is 18.3. The van der Waals surface area contributed by atoms with Gasteiger partial charge in [0.2, 0.25) is 0 Å². The van der Waals surface area contributed by atoms with Crippen LogP contribution in [-0.4, -0.2) is 42.1 Å². The minimum atomic E-state index is -0.270. The van der Waals surface area contributed by atoms with Gasteiger partial charge >= 0.3 is 0 Å². The fourth-order valence-electron chi connectivity index (χ4n) is 3.78. The fraction of sp³-hybridized carbons (Fsp3) is 0.208. The van der Waals surface area contributed by atoms with Crippen molar-refractivity contribution in [2.75, 3.05) is 5.75 Å². The summed E-state index contributed by atoms with van der Waals surface area (Å²) in [5.41, 5.74) is 2.79. The van der Waals surface area contributed by atoms with E-state index in [4.69, 9.17) is 9.52 Å². The number of hydrogen-bond acceptors (Lipinski definition) is 7. The number of hydrogen-bond donors (Lipinski definition) is 0. The summed E-state index contributed by atoms with van der Waals surface area (Å²) in [6.45, 7) is 1.90. The van der Waals surface area contributed by atoms with Gasteiger partial charge in [0.15, 0.2) is 11.0 Å². The first-order valence-electron chi connectivity index (χ1n) is 10.5. The normalized spacial score (nSPS) is 15.6. The summed E-state index contributed by atoms with van der Waals surface area (Å²) in [7, 11) is 1.89. The van der Waals surface area contributed by atoms with Crippen molar-refractivity contribution in [2.45, 2.75) is 24.5 Å². The van der Waals surface area contributed by atoms with E-state index < -0.39 is 0 Å². The van der Waals surface area contributed by atoms with Crippen LogP contribution in [0.15, 0.2) is 81.7 Å². The third-order valence-corrected chi connectivity index (χ3v) is 6.47. The van der Waals surface area contributed by atoms with E-state index in [9.17, 15) is 4.79 Å². The molecule has 0 unspecified atom stereocenters. The van der Waals surface area contributed by atoms with Gasteiger partial charge in [0.05, 0.1) is 11.5 Å². The number of pyridine rings is 1. The lowest BCUT2D eigenvalue weighted by molar-refractivity contribution is -0.130. The highest BCUT2D eigenvalue weighted by Gasteiger charge is 2.35. The molecule has 8 nitrogen and oxygen atoms in total. The summed E-state index contributed by atoms with van der Waals surface area (Å²) in [5, 5.41) is 15.4. The van der Waals surface area contributed by atoms with Crippen LogP contribution < -0.4 is 0 Å². The summed E-state index contributed by atoms with van der Waals surface area (Å²) in [6.07, 6.45) is 4.03. The van der Waals surface area contributed by atoms with Gasteiger partial charge in [0.1, 0.15) is 17.6 Å². The largest absolute Gasteiger partial charge is 0.464 e. The molecule has 0 spiro atoms. The summed E-state index contributed by atoms with van der Waals surface area (Å²) >= 11 is 1.34. The second-order valence-corrected chi connectivity index (χ2v) is 8.65. The van der Waals surface area contributed by atoms with Gasteiger partial charge in [0.25, 0.3) is 5.91 Å². The quantitative estimate of drug-likeness (QED) is 0.401. The van der Waals surface area contributed by atoms with Crippen LogP contribution in [0.25, 0.3) is 11.4 Å². The van der Waals surface area contributed by atoms with Gasteiger partial charge in [-0.1, -0.05) is 42.1 Å². The van der Waals surface area contributed by atoms with Gasteiger partial charge in [-0.25, -0.2) is 5.01 Å². The zero-order chi connectivity index (χ0) is 22.8. The van der Waals surface area contributed by atoms with Crippen molar-refractivity contribution in [3.05, 3.63) is 84.1 Å². The minimum Gasteiger partial charge on any atom is -0.464 e. The molecule has 0 saturated carbocycles. The highest BCUT2D eigenvalue weighted by molar-refractivity contribution is 7.99. The summed E-state index contributed by atoms with van der Waals surface area (Å²) in [5.74, 6) is 2.34. The average molecular weight is 459 g/mol. The third-order valence-electron chi connectivity index (χ3n) is 5.46. The molecule has 0 radical (unpaired) electrons. The number of amides is 1. The first kappa shape index (κ1) is 21.1. The maximum absolute atomic E-state index is 13.3. The molecule has 1 aliphatic rings. The summed E-state index contributed by atoms with van der Waals surface area (Å²) in [6, 6.07) is 17.2. The Kier molecular flexibility index (Phi) is 5.78. The van der Waals surface area contributed by atoms with Crippen LogP contribution in [0, 0.1) is 6.92 Å².